The highest BCUT2D eigenvalue weighted by molar-refractivity contribution is 6.21. The maximum absolute atomic E-state index is 12.6. The van der Waals surface area contributed by atoms with Gasteiger partial charge in [0.15, 0.2) is 5.82 Å². The standard InChI is InChI=1S/C25H20N6O3/c26-13-21-28-22(30-29-21)16-9-11-18(12-10-16)27-23(32)17-7-5-15(6-8-17)14-31-24(33)19-3-1-2-4-20(19)25(31)34/h1-12H,13-14,26H2,(H,27,32)(H,28,29,30). The van der Waals surface area contributed by atoms with Gasteiger partial charge in [-0.1, -0.05) is 24.3 Å². The molecule has 1 aliphatic rings. The molecule has 4 N–H and O–H groups in total. The molecule has 3 aromatic carbocycles. The summed E-state index contributed by atoms with van der Waals surface area (Å²) in [6, 6.07) is 20.7. The van der Waals surface area contributed by atoms with E-state index in [0.29, 0.717) is 34.0 Å². The maximum atomic E-state index is 12.6. The summed E-state index contributed by atoms with van der Waals surface area (Å²) in [7, 11) is 0. The number of nitrogens with two attached hydrogens (primary N) is 1. The van der Waals surface area contributed by atoms with Gasteiger partial charge in [0, 0.05) is 16.8 Å². The number of fused-ring (bicyclic) bond motifs is 1. The number of nitrogens with zero attached hydrogens (tertiary/aromatic N) is 3. The molecule has 3 amide bonds. The van der Waals surface area contributed by atoms with Gasteiger partial charge in [-0.05, 0) is 54.1 Å². The Hall–Kier alpha value is -4.63. The fourth-order valence-electron chi connectivity index (χ4n) is 3.75. The number of rotatable bonds is 6. The van der Waals surface area contributed by atoms with Crippen molar-refractivity contribution >= 4 is 23.4 Å². The highest BCUT2D eigenvalue weighted by Gasteiger charge is 2.34. The van der Waals surface area contributed by atoms with Gasteiger partial charge < -0.3 is 11.1 Å². The molecule has 5 rings (SSSR count). The molecule has 1 aliphatic heterocycles. The van der Waals surface area contributed by atoms with Crippen molar-refractivity contribution in [2.75, 3.05) is 5.32 Å². The number of H-pyrrole nitrogens is 1. The summed E-state index contributed by atoms with van der Waals surface area (Å²) in [5.41, 5.74) is 9.00. The molecule has 1 aromatic heterocycles. The second-order valence-electron chi connectivity index (χ2n) is 7.78. The van der Waals surface area contributed by atoms with Crippen LogP contribution in [0, 0.1) is 0 Å². The Balaban J connectivity index is 1.23. The van der Waals surface area contributed by atoms with Crippen LogP contribution in [0.2, 0.25) is 0 Å². The van der Waals surface area contributed by atoms with Crippen LogP contribution in [0.4, 0.5) is 5.69 Å². The third kappa shape index (κ3) is 3.96. The highest BCUT2D eigenvalue weighted by Crippen LogP contribution is 2.24. The van der Waals surface area contributed by atoms with E-state index < -0.39 is 0 Å². The average molecular weight is 452 g/mol. The van der Waals surface area contributed by atoms with E-state index in [1.165, 1.54) is 4.90 Å². The summed E-state index contributed by atoms with van der Waals surface area (Å²) in [4.78, 5) is 43.2. The Kier molecular flexibility index (Phi) is 5.44. The number of benzene rings is 3. The van der Waals surface area contributed by atoms with E-state index in [1.54, 1.807) is 60.7 Å². The first kappa shape index (κ1) is 21.2. The lowest BCUT2D eigenvalue weighted by Crippen LogP contribution is -2.29. The predicted molar refractivity (Wildman–Crippen MR) is 125 cm³/mol. The Morgan fingerprint density at radius 2 is 1.56 bits per heavy atom. The SMILES string of the molecule is NCc1nc(-c2ccc(NC(=O)c3ccc(CN4C(=O)c5ccccc5C4=O)cc3)cc2)n[nH]1. The van der Waals surface area contributed by atoms with Gasteiger partial charge in [0.1, 0.15) is 5.82 Å². The number of imide groups is 1. The van der Waals surface area contributed by atoms with Gasteiger partial charge in [0.2, 0.25) is 0 Å². The molecule has 0 saturated carbocycles. The van der Waals surface area contributed by atoms with Gasteiger partial charge in [-0.15, -0.1) is 0 Å². The van der Waals surface area contributed by atoms with E-state index in [2.05, 4.69) is 20.5 Å². The molecule has 0 radical (unpaired) electrons. The Morgan fingerprint density at radius 1 is 0.912 bits per heavy atom. The molecule has 0 atom stereocenters. The third-order valence-electron chi connectivity index (χ3n) is 5.56. The number of amides is 3. The molecule has 0 fully saturated rings. The van der Waals surface area contributed by atoms with Crippen molar-refractivity contribution in [2.45, 2.75) is 13.1 Å². The fourth-order valence-corrected chi connectivity index (χ4v) is 3.75. The summed E-state index contributed by atoms with van der Waals surface area (Å²) in [5.74, 6) is 0.236. The zero-order valence-electron chi connectivity index (χ0n) is 18.0. The lowest BCUT2D eigenvalue weighted by Gasteiger charge is -2.14. The minimum absolute atomic E-state index is 0.142. The maximum Gasteiger partial charge on any atom is 0.261 e. The van der Waals surface area contributed by atoms with Crippen LogP contribution in [0.3, 0.4) is 0 Å². The minimum atomic E-state index is -0.310. The first-order valence-electron chi connectivity index (χ1n) is 10.6. The predicted octanol–water partition coefficient (Wildman–Crippen LogP) is 2.98. The molecule has 9 nitrogen and oxygen atoms in total. The largest absolute Gasteiger partial charge is 0.324 e. The van der Waals surface area contributed by atoms with Crippen molar-refractivity contribution in [1.82, 2.24) is 20.1 Å². The number of hydrogen-bond donors (Lipinski definition) is 3. The van der Waals surface area contributed by atoms with Crippen LogP contribution in [0.1, 0.15) is 42.5 Å². The number of aromatic nitrogens is 3. The topological polar surface area (TPSA) is 134 Å². The lowest BCUT2D eigenvalue weighted by molar-refractivity contribution is 0.0642. The summed E-state index contributed by atoms with van der Waals surface area (Å²) in [6.45, 7) is 0.418. The summed E-state index contributed by atoms with van der Waals surface area (Å²) in [6.07, 6.45) is 0. The third-order valence-corrected chi connectivity index (χ3v) is 5.56. The van der Waals surface area contributed by atoms with Crippen molar-refractivity contribution in [1.29, 1.82) is 0 Å². The zero-order valence-corrected chi connectivity index (χ0v) is 18.0. The molecule has 4 aromatic rings. The van der Waals surface area contributed by atoms with Crippen LogP contribution < -0.4 is 11.1 Å². The second-order valence-corrected chi connectivity index (χ2v) is 7.78. The van der Waals surface area contributed by atoms with Gasteiger partial charge in [0.25, 0.3) is 17.7 Å². The fraction of sp³-hybridized carbons (Fsp3) is 0.0800. The van der Waals surface area contributed by atoms with Crippen LogP contribution in [0.25, 0.3) is 11.4 Å². The molecule has 0 aliphatic carbocycles. The van der Waals surface area contributed by atoms with E-state index >= 15 is 0 Å². The zero-order chi connectivity index (χ0) is 23.7. The van der Waals surface area contributed by atoms with Crippen molar-refractivity contribution in [3.63, 3.8) is 0 Å². The number of anilines is 1. The number of hydrogen-bond acceptors (Lipinski definition) is 6. The van der Waals surface area contributed by atoms with Gasteiger partial charge in [0.05, 0.1) is 24.2 Å². The summed E-state index contributed by atoms with van der Waals surface area (Å²) < 4.78 is 0. The van der Waals surface area contributed by atoms with Crippen molar-refractivity contribution in [3.8, 4) is 11.4 Å². The highest BCUT2D eigenvalue weighted by atomic mass is 16.2. The van der Waals surface area contributed by atoms with Crippen LogP contribution in [-0.2, 0) is 13.1 Å². The molecule has 9 heteroatoms. The van der Waals surface area contributed by atoms with Crippen LogP contribution in [0.5, 0.6) is 0 Å². The number of carbonyl (C=O) groups is 3. The van der Waals surface area contributed by atoms with E-state index in [-0.39, 0.29) is 30.8 Å². The second kappa shape index (κ2) is 8.72. The molecule has 168 valence electrons. The Bertz CT molecular complexity index is 1360. The van der Waals surface area contributed by atoms with Gasteiger partial charge in [-0.3, -0.25) is 24.4 Å². The first-order chi connectivity index (χ1) is 16.5. The molecule has 34 heavy (non-hydrogen) atoms. The van der Waals surface area contributed by atoms with Gasteiger partial charge >= 0.3 is 0 Å². The van der Waals surface area contributed by atoms with Gasteiger partial charge in [-0.2, -0.15) is 5.10 Å². The van der Waals surface area contributed by atoms with E-state index in [9.17, 15) is 14.4 Å². The molecule has 0 bridgehead atoms. The van der Waals surface area contributed by atoms with Crippen LogP contribution in [0.15, 0.2) is 72.8 Å². The van der Waals surface area contributed by atoms with Crippen LogP contribution >= 0.6 is 0 Å². The molecule has 2 heterocycles. The first-order valence-corrected chi connectivity index (χ1v) is 10.6. The molecular formula is C25H20N6O3. The van der Waals surface area contributed by atoms with Crippen molar-refractivity contribution in [3.05, 3.63) is 101 Å². The Morgan fingerprint density at radius 3 is 2.15 bits per heavy atom. The quantitative estimate of drug-likeness (QED) is 0.385. The lowest BCUT2D eigenvalue weighted by atomic mass is 10.1. The molecule has 0 unspecified atom stereocenters. The minimum Gasteiger partial charge on any atom is -0.324 e. The molecular weight excluding hydrogens is 432 g/mol. The van der Waals surface area contributed by atoms with E-state index in [4.69, 9.17) is 5.73 Å². The average Bonchev–Trinajstić information content (AvgIpc) is 3.45. The number of nitrogens with one attached hydrogen (secondary N) is 2. The van der Waals surface area contributed by atoms with Crippen molar-refractivity contribution < 1.29 is 14.4 Å². The summed E-state index contributed by atoms with van der Waals surface area (Å²) >= 11 is 0. The van der Waals surface area contributed by atoms with Crippen LogP contribution in [-0.4, -0.2) is 37.8 Å². The van der Waals surface area contributed by atoms with E-state index in [1.807, 2.05) is 12.1 Å². The molecule has 0 spiro atoms. The van der Waals surface area contributed by atoms with Crippen molar-refractivity contribution in [2.24, 2.45) is 5.73 Å². The number of carbonyl (C=O) groups excluding carboxylic acids is 3. The Labute approximate surface area is 194 Å². The van der Waals surface area contributed by atoms with E-state index in [0.717, 1.165) is 11.1 Å². The number of aromatic amines is 1. The summed E-state index contributed by atoms with van der Waals surface area (Å²) in [5, 5.41) is 9.72. The normalized spacial score (nSPS) is 12.7. The monoisotopic (exact) mass is 452 g/mol. The smallest absolute Gasteiger partial charge is 0.261 e. The van der Waals surface area contributed by atoms with Gasteiger partial charge in [-0.25, -0.2) is 4.98 Å². The molecule has 0 saturated heterocycles.